The van der Waals surface area contributed by atoms with E-state index in [0.29, 0.717) is 18.6 Å². The lowest BCUT2D eigenvalue weighted by atomic mass is 10.2. The first-order valence-corrected chi connectivity index (χ1v) is 10.1. The van der Waals surface area contributed by atoms with Gasteiger partial charge in [0.1, 0.15) is 4.90 Å². The van der Waals surface area contributed by atoms with E-state index in [2.05, 4.69) is 4.98 Å². The topological polar surface area (TPSA) is 83.7 Å². The van der Waals surface area contributed by atoms with Gasteiger partial charge in [0.25, 0.3) is 5.91 Å². The average molecular weight is 385 g/mol. The monoisotopic (exact) mass is 385 g/mol. The van der Waals surface area contributed by atoms with E-state index in [1.54, 1.807) is 35.4 Å². The van der Waals surface area contributed by atoms with Gasteiger partial charge in [-0.05, 0) is 36.8 Å². The number of piperazine rings is 1. The van der Waals surface area contributed by atoms with Crippen LogP contribution in [0.1, 0.15) is 16.1 Å². The number of aromatic nitrogens is 1. The Morgan fingerprint density at radius 3 is 2.59 bits per heavy atom. The summed E-state index contributed by atoms with van der Waals surface area (Å²) in [6.45, 7) is 3.02. The number of hydrogen-bond donors (Lipinski definition) is 0. The van der Waals surface area contributed by atoms with Crippen molar-refractivity contribution < 1.29 is 17.6 Å². The number of furan rings is 1. The molecule has 2 aromatic heterocycles. The number of hydrogen-bond acceptors (Lipinski definition) is 5. The molecule has 3 aromatic rings. The first kappa shape index (κ1) is 17.7. The van der Waals surface area contributed by atoms with Gasteiger partial charge < -0.3 is 9.32 Å². The van der Waals surface area contributed by atoms with Crippen molar-refractivity contribution in [3.8, 4) is 0 Å². The Kier molecular flexibility index (Phi) is 4.45. The third kappa shape index (κ3) is 3.22. The van der Waals surface area contributed by atoms with E-state index < -0.39 is 10.0 Å². The van der Waals surface area contributed by atoms with Gasteiger partial charge in [-0.1, -0.05) is 12.1 Å². The summed E-state index contributed by atoms with van der Waals surface area (Å²) in [6, 6.07) is 10.3. The molecule has 0 spiro atoms. The second-order valence-corrected chi connectivity index (χ2v) is 8.42. The van der Waals surface area contributed by atoms with E-state index in [9.17, 15) is 13.2 Å². The summed E-state index contributed by atoms with van der Waals surface area (Å²) in [4.78, 5) is 18.5. The number of benzene rings is 1. The van der Waals surface area contributed by atoms with Crippen molar-refractivity contribution in [1.82, 2.24) is 14.2 Å². The Balaban J connectivity index is 1.57. The van der Waals surface area contributed by atoms with E-state index >= 15 is 0 Å². The molecule has 1 fully saturated rings. The highest BCUT2D eigenvalue weighted by molar-refractivity contribution is 7.89. The van der Waals surface area contributed by atoms with Gasteiger partial charge in [-0.2, -0.15) is 4.31 Å². The molecule has 27 heavy (non-hydrogen) atoms. The molecule has 1 aliphatic rings. The number of nitrogens with zero attached hydrogens (tertiary/aromatic N) is 3. The Bertz CT molecular complexity index is 1090. The number of para-hydroxylation sites is 1. The molecule has 1 amide bonds. The van der Waals surface area contributed by atoms with Crippen LogP contribution >= 0.6 is 0 Å². The maximum Gasteiger partial charge on any atom is 0.289 e. The van der Waals surface area contributed by atoms with Gasteiger partial charge in [0.2, 0.25) is 10.0 Å². The van der Waals surface area contributed by atoms with Crippen LogP contribution in [0.4, 0.5) is 0 Å². The lowest BCUT2D eigenvalue weighted by Crippen LogP contribution is -2.50. The van der Waals surface area contributed by atoms with Gasteiger partial charge in [0.05, 0.1) is 11.8 Å². The first-order valence-electron chi connectivity index (χ1n) is 8.65. The molecule has 1 aromatic carbocycles. The predicted molar refractivity (Wildman–Crippen MR) is 99.9 cm³/mol. The highest BCUT2D eigenvalue weighted by atomic mass is 32.2. The van der Waals surface area contributed by atoms with Crippen molar-refractivity contribution in [3.63, 3.8) is 0 Å². The fourth-order valence-corrected chi connectivity index (χ4v) is 4.87. The summed E-state index contributed by atoms with van der Waals surface area (Å²) < 4.78 is 32.9. The molecule has 0 atom stereocenters. The molecule has 0 N–H and O–H groups in total. The molecule has 3 heterocycles. The molecule has 0 bridgehead atoms. The lowest BCUT2D eigenvalue weighted by Gasteiger charge is -2.33. The second-order valence-electron chi connectivity index (χ2n) is 6.51. The van der Waals surface area contributed by atoms with Gasteiger partial charge in [0.15, 0.2) is 5.76 Å². The van der Waals surface area contributed by atoms with Crippen LogP contribution in [0.3, 0.4) is 0 Å². The van der Waals surface area contributed by atoms with Crippen molar-refractivity contribution in [2.75, 3.05) is 26.2 Å². The van der Waals surface area contributed by atoms with Gasteiger partial charge in [-0.3, -0.25) is 9.78 Å². The molecule has 8 heteroatoms. The second kappa shape index (κ2) is 6.79. The maximum atomic E-state index is 13.2. The number of rotatable bonds is 3. The number of aryl methyl sites for hydroxylation is 1. The summed E-state index contributed by atoms with van der Waals surface area (Å²) in [6.07, 6.45) is 3.12. The minimum absolute atomic E-state index is 0.200. The van der Waals surface area contributed by atoms with E-state index in [1.165, 1.54) is 10.6 Å². The zero-order chi connectivity index (χ0) is 19.0. The summed E-state index contributed by atoms with van der Waals surface area (Å²) >= 11 is 0. The van der Waals surface area contributed by atoms with Crippen molar-refractivity contribution in [1.29, 1.82) is 0 Å². The quantitative estimate of drug-likeness (QED) is 0.691. The smallest absolute Gasteiger partial charge is 0.289 e. The van der Waals surface area contributed by atoms with Crippen LogP contribution in [0, 0.1) is 6.92 Å². The van der Waals surface area contributed by atoms with Gasteiger partial charge in [-0.25, -0.2) is 8.42 Å². The molecule has 0 radical (unpaired) electrons. The van der Waals surface area contributed by atoms with Crippen LogP contribution in [-0.2, 0) is 10.0 Å². The van der Waals surface area contributed by atoms with E-state index in [-0.39, 0.29) is 29.7 Å². The Hall–Kier alpha value is -2.71. The third-order valence-corrected chi connectivity index (χ3v) is 6.62. The van der Waals surface area contributed by atoms with Gasteiger partial charge in [-0.15, -0.1) is 0 Å². The SMILES string of the molecule is Cc1cnc2c(S(=O)(=O)N3CCN(C(=O)c4ccco4)CC3)cccc2c1. The summed E-state index contributed by atoms with van der Waals surface area (Å²) in [5.74, 6) is 0.0410. The minimum Gasteiger partial charge on any atom is -0.459 e. The molecule has 0 saturated carbocycles. The molecule has 0 aliphatic carbocycles. The number of carbonyl (C=O) groups is 1. The van der Waals surface area contributed by atoms with Crippen molar-refractivity contribution in [2.24, 2.45) is 0 Å². The molecule has 1 aliphatic heterocycles. The third-order valence-electron chi connectivity index (χ3n) is 4.69. The number of pyridine rings is 1. The molecular formula is C19H19N3O4S. The Morgan fingerprint density at radius 1 is 1.11 bits per heavy atom. The number of amides is 1. The summed E-state index contributed by atoms with van der Waals surface area (Å²) in [5, 5.41) is 0.794. The molecule has 0 unspecified atom stereocenters. The van der Waals surface area contributed by atoms with Gasteiger partial charge >= 0.3 is 0 Å². The average Bonchev–Trinajstić information content (AvgIpc) is 3.21. The normalized spacial score (nSPS) is 16.0. The van der Waals surface area contributed by atoms with E-state index in [1.807, 2.05) is 19.1 Å². The lowest BCUT2D eigenvalue weighted by molar-refractivity contribution is 0.0666. The fourth-order valence-electron chi connectivity index (χ4n) is 3.28. The Morgan fingerprint density at radius 2 is 1.89 bits per heavy atom. The van der Waals surface area contributed by atoms with Crippen LogP contribution in [0.15, 0.2) is 58.2 Å². The number of carbonyl (C=O) groups excluding carboxylic acids is 1. The summed E-state index contributed by atoms with van der Waals surface area (Å²) in [7, 11) is -3.69. The minimum atomic E-state index is -3.69. The zero-order valence-corrected chi connectivity index (χ0v) is 15.6. The first-order chi connectivity index (χ1) is 13.0. The highest BCUT2D eigenvalue weighted by Crippen LogP contribution is 2.25. The van der Waals surface area contributed by atoms with Crippen molar-refractivity contribution >= 4 is 26.8 Å². The van der Waals surface area contributed by atoms with Gasteiger partial charge in [0, 0.05) is 37.8 Å². The van der Waals surface area contributed by atoms with Crippen molar-refractivity contribution in [2.45, 2.75) is 11.8 Å². The standard InChI is InChI=1S/C19H19N3O4S/c1-14-12-15-4-2-6-17(18(15)20-13-14)27(24,25)22-9-7-21(8-10-22)19(23)16-5-3-11-26-16/h2-6,11-13H,7-10H2,1H3. The van der Waals surface area contributed by atoms with E-state index in [0.717, 1.165) is 10.9 Å². The largest absolute Gasteiger partial charge is 0.459 e. The van der Waals surface area contributed by atoms with Crippen LogP contribution in [0.2, 0.25) is 0 Å². The molecule has 4 rings (SSSR count). The van der Waals surface area contributed by atoms with Crippen LogP contribution in [0.5, 0.6) is 0 Å². The number of sulfonamides is 1. The summed E-state index contributed by atoms with van der Waals surface area (Å²) in [5.41, 5.74) is 1.44. The van der Waals surface area contributed by atoms with Crippen molar-refractivity contribution in [3.05, 3.63) is 60.2 Å². The maximum absolute atomic E-state index is 13.2. The van der Waals surface area contributed by atoms with Crippen LogP contribution in [-0.4, -0.2) is 54.7 Å². The predicted octanol–water partition coefficient (Wildman–Crippen LogP) is 2.28. The number of fused-ring (bicyclic) bond motifs is 1. The Labute approximate surface area is 157 Å². The molecule has 1 saturated heterocycles. The van der Waals surface area contributed by atoms with Crippen LogP contribution in [0.25, 0.3) is 10.9 Å². The van der Waals surface area contributed by atoms with E-state index in [4.69, 9.17) is 4.42 Å². The molecule has 140 valence electrons. The van der Waals surface area contributed by atoms with Crippen LogP contribution < -0.4 is 0 Å². The molecular weight excluding hydrogens is 366 g/mol. The molecule has 7 nitrogen and oxygen atoms in total. The highest BCUT2D eigenvalue weighted by Gasteiger charge is 2.32. The zero-order valence-electron chi connectivity index (χ0n) is 14.8. The fraction of sp³-hybridized carbons (Fsp3) is 0.263.